The number of nitrogens with one attached hydrogen (secondary N) is 2. The molecule has 4 N–H and O–H groups in total. The fourth-order valence-corrected chi connectivity index (χ4v) is 3.29. The summed E-state index contributed by atoms with van der Waals surface area (Å²) in [6.07, 6.45) is 5.11. The average Bonchev–Trinajstić information content (AvgIpc) is 2.83. The second-order valence-corrected chi connectivity index (χ2v) is 5.34. The van der Waals surface area contributed by atoms with Gasteiger partial charge in [0.25, 0.3) is 0 Å². The summed E-state index contributed by atoms with van der Waals surface area (Å²) in [5.41, 5.74) is 10.4. The Morgan fingerprint density at radius 3 is 3.11 bits per heavy atom. The van der Waals surface area contributed by atoms with Gasteiger partial charge in [0.05, 0.1) is 5.92 Å². The van der Waals surface area contributed by atoms with E-state index in [1.54, 1.807) is 0 Å². The Kier molecular flexibility index (Phi) is 2.11. The van der Waals surface area contributed by atoms with Crippen molar-refractivity contribution in [3.05, 3.63) is 41.6 Å². The van der Waals surface area contributed by atoms with Crippen LogP contribution in [0.15, 0.2) is 30.5 Å². The van der Waals surface area contributed by atoms with E-state index in [2.05, 4.69) is 34.7 Å². The van der Waals surface area contributed by atoms with E-state index in [-0.39, 0.29) is 11.8 Å². The second-order valence-electron chi connectivity index (χ2n) is 5.34. The van der Waals surface area contributed by atoms with Gasteiger partial charge in [-0.15, -0.1) is 0 Å². The third kappa shape index (κ3) is 1.47. The second kappa shape index (κ2) is 3.71. The van der Waals surface area contributed by atoms with E-state index in [1.165, 1.54) is 22.1 Å². The van der Waals surface area contributed by atoms with Crippen LogP contribution in [0.1, 0.15) is 11.1 Å². The molecule has 2 atom stereocenters. The zero-order valence-corrected chi connectivity index (χ0v) is 10.4. The summed E-state index contributed by atoms with van der Waals surface area (Å²) in [5.74, 6) is -0.465. The molecule has 1 amide bonds. The number of amides is 1. The highest BCUT2D eigenvalue weighted by atomic mass is 16.1. The number of hydrogen-bond donors (Lipinski definition) is 3. The number of aromatic amines is 1. The summed E-state index contributed by atoms with van der Waals surface area (Å²) in [5, 5.41) is 4.73. The molecule has 0 bridgehead atoms. The Hall–Kier alpha value is -2.07. The van der Waals surface area contributed by atoms with E-state index in [0.29, 0.717) is 12.6 Å². The summed E-state index contributed by atoms with van der Waals surface area (Å²) in [6, 6.07) is 6.56. The van der Waals surface area contributed by atoms with E-state index >= 15 is 0 Å². The topological polar surface area (TPSA) is 70.9 Å². The number of hydrogen-bond acceptors (Lipinski definition) is 2. The monoisotopic (exact) mass is 253 g/mol. The highest BCUT2D eigenvalue weighted by molar-refractivity contribution is 5.99. The number of rotatable bonds is 1. The largest absolute Gasteiger partial charge is 0.369 e. The minimum Gasteiger partial charge on any atom is -0.369 e. The van der Waals surface area contributed by atoms with Gasteiger partial charge in [-0.3, -0.25) is 4.79 Å². The molecule has 1 aliphatic heterocycles. The maximum absolute atomic E-state index is 11.4. The fourth-order valence-electron chi connectivity index (χ4n) is 3.29. The van der Waals surface area contributed by atoms with Crippen molar-refractivity contribution in [2.75, 3.05) is 6.54 Å². The molecule has 96 valence electrons. The number of aromatic nitrogens is 1. The third-order valence-corrected chi connectivity index (χ3v) is 4.23. The van der Waals surface area contributed by atoms with E-state index in [4.69, 9.17) is 5.73 Å². The summed E-state index contributed by atoms with van der Waals surface area (Å²) >= 11 is 0. The third-order valence-electron chi connectivity index (χ3n) is 4.23. The number of benzene rings is 1. The molecular weight excluding hydrogens is 238 g/mol. The van der Waals surface area contributed by atoms with Gasteiger partial charge in [0.2, 0.25) is 5.91 Å². The Labute approximate surface area is 110 Å². The number of fused-ring (bicyclic) bond motifs is 2. The molecule has 0 saturated heterocycles. The van der Waals surface area contributed by atoms with E-state index < -0.39 is 0 Å². The van der Waals surface area contributed by atoms with Gasteiger partial charge in [0.1, 0.15) is 0 Å². The summed E-state index contributed by atoms with van der Waals surface area (Å²) in [7, 11) is 0. The fraction of sp³-hybridized carbons (Fsp3) is 0.267. The van der Waals surface area contributed by atoms with Crippen molar-refractivity contribution >= 4 is 22.4 Å². The molecule has 4 rings (SSSR count). The van der Waals surface area contributed by atoms with Gasteiger partial charge in [0, 0.05) is 29.7 Å². The molecule has 0 radical (unpaired) electrons. The summed E-state index contributed by atoms with van der Waals surface area (Å²) in [4.78, 5) is 14.7. The SMILES string of the molecule is NC(=O)C1C=C2c3cccc4[nH]cc(c34)C[C@H]2NC1. The van der Waals surface area contributed by atoms with Crippen LogP contribution in [0.5, 0.6) is 0 Å². The molecule has 1 unspecified atom stereocenters. The average molecular weight is 253 g/mol. The summed E-state index contributed by atoms with van der Waals surface area (Å²) < 4.78 is 0. The molecule has 1 aromatic carbocycles. The number of nitrogens with two attached hydrogens (primary N) is 1. The van der Waals surface area contributed by atoms with Gasteiger partial charge in [-0.05, 0) is 29.2 Å². The lowest BCUT2D eigenvalue weighted by molar-refractivity contribution is -0.120. The van der Waals surface area contributed by atoms with Crippen molar-refractivity contribution in [1.82, 2.24) is 10.3 Å². The maximum atomic E-state index is 11.4. The number of H-pyrrole nitrogens is 1. The van der Waals surface area contributed by atoms with Crippen LogP contribution in [0, 0.1) is 5.92 Å². The van der Waals surface area contributed by atoms with Crippen LogP contribution in [0.25, 0.3) is 16.5 Å². The van der Waals surface area contributed by atoms with Crippen molar-refractivity contribution in [3.63, 3.8) is 0 Å². The normalized spacial score (nSPS) is 24.9. The van der Waals surface area contributed by atoms with Gasteiger partial charge in [-0.2, -0.15) is 0 Å². The van der Waals surface area contributed by atoms with Crippen LogP contribution >= 0.6 is 0 Å². The van der Waals surface area contributed by atoms with Crippen LogP contribution in [-0.4, -0.2) is 23.5 Å². The number of carbonyl (C=O) groups excluding carboxylic acids is 1. The lowest BCUT2D eigenvalue weighted by Crippen LogP contribution is -2.44. The molecular formula is C15H15N3O. The van der Waals surface area contributed by atoms with Crippen LogP contribution in [0.2, 0.25) is 0 Å². The first-order valence-corrected chi connectivity index (χ1v) is 6.58. The predicted octanol–water partition coefficient (Wildman–Crippen LogP) is 1.18. The van der Waals surface area contributed by atoms with E-state index in [1.807, 2.05) is 6.08 Å². The molecule has 4 heteroatoms. The maximum Gasteiger partial charge on any atom is 0.225 e. The number of carbonyl (C=O) groups is 1. The Balaban J connectivity index is 1.95. The molecule has 0 fully saturated rings. The van der Waals surface area contributed by atoms with Crippen LogP contribution < -0.4 is 11.1 Å². The predicted molar refractivity (Wildman–Crippen MR) is 74.5 cm³/mol. The molecule has 19 heavy (non-hydrogen) atoms. The highest BCUT2D eigenvalue weighted by Crippen LogP contribution is 2.38. The van der Waals surface area contributed by atoms with Crippen molar-refractivity contribution in [2.24, 2.45) is 11.7 Å². The summed E-state index contributed by atoms with van der Waals surface area (Å²) in [6.45, 7) is 0.638. The molecule has 2 aliphatic rings. The van der Waals surface area contributed by atoms with Crippen LogP contribution in [0.4, 0.5) is 0 Å². The van der Waals surface area contributed by atoms with Crippen molar-refractivity contribution < 1.29 is 4.79 Å². The highest BCUT2D eigenvalue weighted by Gasteiger charge is 2.31. The van der Waals surface area contributed by atoms with E-state index in [9.17, 15) is 4.79 Å². The lowest BCUT2D eigenvalue weighted by Gasteiger charge is -2.32. The van der Waals surface area contributed by atoms with Gasteiger partial charge >= 0.3 is 0 Å². The first kappa shape index (κ1) is 10.8. The van der Waals surface area contributed by atoms with Crippen molar-refractivity contribution in [3.8, 4) is 0 Å². The van der Waals surface area contributed by atoms with Gasteiger partial charge in [-0.1, -0.05) is 18.2 Å². The Morgan fingerprint density at radius 2 is 2.26 bits per heavy atom. The minimum atomic E-state index is -0.259. The molecule has 1 aromatic heterocycles. The van der Waals surface area contributed by atoms with Gasteiger partial charge < -0.3 is 16.0 Å². The van der Waals surface area contributed by atoms with Crippen molar-refractivity contribution in [1.29, 1.82) is 0 Å². The zero-order chi connectivity index (χ0) is 13.0. The standard InChI is InChI=1S/C15H15N3O/c16-15(19)9-4-11-10-2-1-3-12-14(10)8(6-17-12)5-13(11)18-7-9/h1-4,6,9,13,17-18H,5,7H2,(H2,16,19)/t9?,13-/m1/s1. The van der Waals surface area contributed by atoms with Gasteiger partial charge in [-0.25, -0.2) is 0 Å². The van der Waals surface area contributed by atoms with Crippen molar-refractivity contribution in [2.45, 2.75) is 12.5 Å². The molecule has 4 nitrogen and oxygen atoms in total. The van der Waals surface area contributed by atoms with Gasteiger partial charge in [0.15, 0.2) is 0 Å². The first-order chi connectivity index (χ1) is 9.24. The number of primary amides is 1. The molecule has 0 saturated carbocycles. The quantitative estimate of drug-likeness (QED) is 0.714. The van der Waals surface area contributed by atoms with Crippen LogP contribution in [-0.2, 0) is 11.2 Å². The van der Waals surface area contributed by atoms with Crippen LogP contribution in [0.3, 0.4) is 0 Å². The van der Waals surface area contributed by atoms with E-state index in [0.717, 1.165) is 11.9 Å². The zero-order valence-electron chi connectivity index (χ0n) is 10.4. The lowest BCUT2D eigenvalue weighted by atomic mass is 9.81. The molecule has 2 aromatic rings. The Morgan fingerprint density at radius 1 is 1.37 bits per heavy atom. The minimum absolute atomic E-state index is 0.206. The Bertz CT molecular complexity index is 713. The smallest absolute Gasteiger partial charge is 0.225 e. The molecule has 0 spiro atoms. The first-order valence-electron chi connectivity index (χ1n) is 6.58. The molecule has 1 aliphatic carbocycles. The molecule has 2 heterocycles.